The van der Waals surface area contributed by atoms with E-state index >= 15 is 0 Å². The largest absolute Gasteiger partial charge is 0.393 e. The van der Waals surface area contributed by atoms with Gasteiger partial charge in [0.25, 0.3) is 0 Å². The zero-order chi connectivity index (χ0) is 20.7. The summed E-state index contributed by atoms with van der Waals surface area (Å²) < 4.78 is 0. The van der Waals surface area contributed by atoms with Crippen molar-refractivity contribution in [2.75, 3.05) is 0 Å². The Morgan fingerprint density at radius 3 is 0.615 bits per heavy atom. The molecule has 0 amide bonds. The molecule has 4 heteroatoms. The monoisotopic (exact) mass is 405 g/mol. The second-order valence-corrected chi connectivity index (χ2v) is 6.90. The molecule has 0 aliphatic heterocycles. The Bertz CT molecular complexity index is 206. The molecule has 1 fully saturated rings. The summed E-state index contributed by atoms with van der Waals surface area (Å²) in [5, 5.41) is 25.1. The van der Waals surface area contributed by atoms with E-state index in [1.54, 1.807) is 20.8 Å². The molecule has 0 heterocycles. The first-order valence-corrected chi connectivity index (χ1v) is 9.60. The first-order valence-electron chi connectivity index (χ1n) is 9.60. The minimum absolute atomic E-state index is 0. The van der Waals surface area contributed by atoms with Crippen molar-refractivity contribution in [1.82, 2.24) is 0 Å². The molecule has 26 heavy (non-hydrogen) atoms. The van der Waals surface area contributed by atoms with Crippen molar-refractivity contribution in [2.24, 2.45) is 0 Å². The van der Waals surface area contributed by atoms with Crippen LogP contribution in [-0.2, 0) is 21.7 Å². The SMILES string of the molecule is CCC(C)O.CCC(C)O.CCC(C)O.C[C]1[C](C)[C](C)[C](C)[C]1C.[Ti]. The molecular weight excluding hydrogens is 360 g/mol. The van der Waals surface area contributed by atoms with Crippen LogP contribution < -0.4 is 0 Å². The van der Waals surface area contributed by atoms with E-state index in [0.717, 1.165) is 19.3 Å². The summed E-state index contributed by atoms with van der Waals surface area (Å²) in [5.41, 5.74) is 0. The van der Waals surface area contributed by atoms with Crippen molar-refractivity contribution in [3.8, 4) is 0 Å². The topological polar surface area (TPSA) is 60.7 Å². The number of hydrogen-bond donors (Lipinski definition) is 3. The molecule has 155 valence electrons. The van der Waals surface area contributed by atoms with Crippen molar-refractivity contribution in [1.29, 1.82) is 0 Å². The van der Waals surface area contributed by atoms with Gasteiger partial charge in [-0.15, -0.1) is 0 Å². The maximum atomic E-state index is 8.36. The second kappa shape index (κ2) is 20.3. The molecule has 1 rings (SSSR count). The summed E-state index contributed by atoms with van der Waals surface area (Å²) >= 11 is 0. The molecule has 0 spiro atoms. The van der Waals surface area contributed by atoms with Gasteiger partial charge in [0.15, 0.2) is 0 Å². The third-order valence-corrected chi connectivity index (χ3v) is 4.58. The van der Waals surface area contributed by atoms with E-state index < -0.39 is 0 Å². The smallest absolute Gasteiger partial charge is 0.0509 e. The molecule has 3 unspecified atom stereocenters. The average molecular weight is 405 g/mol. The maximum absolute atomic E-state index is 8.36. The molecule has 1 saturated carbocycles. The molecule has 0 aromatic carbocycles. The van der Waals surface area contributed by atoms with Crippen molar-refractivity contribution >= 4 is 0 Å². The first-order chi connectivity index (χ1) is 11.4. The fourth-order valence-corrected chi connectivity index (χ4v) is 1.41. The molecule has 0 bridgehead atoms. The molecule has 1 aliphatic rings. The van der Waals surface area contributed by atoms with Crippen LogP contribution in [0.25, 0.3) is 0 Å². The Hall–Kier alpha value is 0.594. The molecule has 0 aromatic heterocycles. The van der Waals surface area contributed by atoms with E-state index in [1.165, 1.54) is 29.6 Å². The number of rotatable bonds is 3. The number of aliphatic hydroxyl groups is 3. The van der Waals surface area contributed by atoms with Gasteiger partial charge in [0, 0.05) is 21.7 Å². The van der Waals surface area contributed by atoms with Gasteiger partial charge in [-0.2, -0.15) is 0 Å². The van der Waals surface area contributed by atoms with Crippen LogP contribution in [0.4, 0.5) is 0 Å². The van der Waals surface area contributed by atoms with E-state index in [2.05, 4.69) is 34.6 Å². The molecule has 5 radical (unpaired) electrons. The fourth-order valence-electron chi connectivity index (χ4n) is 1.41. The van der Waals surface area contributed by atoms with Gasteiger partial charge in [0.2, 0.25) is 0 Å². The van der Waals surface area contributed by atoms with Gasteiger partial charge in [0.05, 0.1) is 18.3 Å². The van der Waals surface area contributed by atoms with E-state index in [-0.39, 0.29) is 40.0 Å². The quantitative estimate of drug-likeness (QED) is 0.559. The van der Waals surface area contributed by atoms with Crippen molar-refractivity contribution in [3.05, 3.63) is 29.6 Å². The van der Waals surface area contributed by atoms with Crippen molar-refractivity contribution < 1.29 is 37.0 Å². The van der Waals surface area contributed by atoms with Crippen LogP contribution in [0.5, 0.6) is 0 Å². The molecule has 0 aromatic rings. The molecule has 3 N–H and O–H groups in total. The maximum Gasteiger partial charge on any atom is 0.0509 e. The summed E-state index contributed by atoms with van der Waals surface area (Å²) in [6.45, 7) is 22.2. The van der Waals surface area contributed by atoms with E-state index in [1.807, 2.05) is 20.8 Å². The van der Waals surface area contributed by atoms with Gasteiger partial charge in [-0.05, 0) is 69.6 Å². The van der Waals surface area contributed by atoms with Gasteiger partial charge in [-0.3, -0.25) is 0 Å². The number of aliphatic hydroxyl groups excluding tert-OH is 3. The van der Waals surface area contributed by atoms with E-state index in [9.17, 15) is 0 Å². The Balaban J connectivity index is -0.000000132. The predicted octanol–water partition coefficient (Wildman–Crippen LogP) is 5.30. The molecular formula is C22H45O3Ti. The second-order valence-electron chi connectivity index (χ2n) is 6.90. The van der Waals surface area contributed by atoms with Gasteiger partial charge in [-0.1, -0.05) is 55.4 Å². The van der Waals surface area contributed by atoms with Gasteiger partial charge < -0.3 is 15.3 Å². The van der Waals surface area contributed by atoms with Crippen LogP contribution in [0.1, 0.15) is 95.4 Å². The fraction of sp³-hybridized carbons (Fsp3) is 0.773. The Morgan fingerprint density at radius 1 is 0.500 bits per heavy atom. The Labute approximate surface area is 180 Å². The summed E-state index contributed by atoms with van der Waals surface area (Å²) in [4.78, 5) is 0. The Kier molecular flexibility index (Phi) is 26.7. The molecule has 1 aliphatic carbocycles. The Morgan fingerprint density at radius 2 is 0.577 bits per heavy atom. The third kappa shape index (κ3) is 19.4. The van der Waals surface area contributed by atoms with Gasteiger partial charge in [0.1, 0.15) is 0 Å². The van der Waals surface area contributed by atoms with Crippen LogP contribution >= 0.6 is 0 Å². The van der Waals surface area contributed by atoms with Gasteiger partial charge in [-0.25, -0.2) is 0 Å². The standard InChI is InChI=1S/C10H15.3C4H10O.Ti/c1-6-7(2)9(4)10(5)8(6)3;3*1-3-4(2)5;/h1-5H3;3*4-5H,3H2,1-2H3;. The zero-order valence-corrected chi connectivity index (χ0v) is 20.8. The minimum atomic E-state index is -0.116. The normalized spacial score (nSPS) is 19.6. The van der Waals surface area contributed by atoms with Crippen LogP contribution in [0.3, 0.4) is 0 Å². The van der Waals surface area contributed by atoms with Crippen molar-refractivity contribution in [2.45, 2.75) is 114 Å². The summed E-state index contributed by atoms with van der Waals surface area (Å²) in [6, 6.07) is 0. The van der Waals surface area contributed by atoms with Crippen LogP contribution in [0.15, 0.2) is 0 Å². The zero-order valence-electron chi connectivity index (χ0n) is 19.2. The predicted molar refractivity (Wildman–Crippen MR) is 111 cm³/mol. The molecule has 3 atom stereocenters. The van der Waals surface area contributed by atoms with Crippen LogP contribution in [-0.4, -0.2) is 33.6 Å². The first kappa shape index (κ1) is 34.1. The molecule has 0 saturated heterocycles. The number of hydrogen-bond acceptors (Lipinski definition) is 3. The summed E-state index contributed by atoms with van der Waals surface area (Å²) in [6.07, 6.45) is 2.24. The van der Waals surface area contributed by atoms with Gasteiger partial charge >= 0.3 is 0 Å². The third-order valence-electron chi connectivity index (χ3n) is 4.58. The van der Waals surface area contributed by atoms with Crippen molar-refractivity contribution in [3.63, 3.8) is 0 Å². The van der Waals surface area contributed by atoms with E-state index in [4.69, 9.17) is 15.3 Å². The summed E-state index contributed by atoms with van der Waals surface area (Å²) in [5.74, 6) is 7.34. The average Bonchev–Trinajstić information content (AvgIpc) is 2.74. The minimum Gasteiger partial charge on any atom is -0.393 e. The van der Waals surface area contributed by atoms with Crippen LogP contribution in [0.2, 0.25) is 0 Å². The molecule has 3 nitrogen and oxygen atoms in total. The van der Waals surface area contributed by atoms with E-state index in [0.29, 0.717) is 0 Å². The summed E-state index contributed by atoms with van der Waals surface area (Å²) in [7, 11) is 0. The van der Waals surface area contributed by atoms with Crippen LogP contribution in [0, 0.1) is 29.6 Å².